The maximum absolute atomic E-state index is 9.61. The molecule has 0 bridgehead atoms. The van der Waals surface area contributed by atoms with Crippen LogP contribution in [0, 0.1) is 22.7 Å². The Morgan fingerprint density at radius 3 is 1.88 bits per heavy atom. The van der Waals surface area contributed by atoms with Crippen LogP contribution in [0.5, 0.6) is 0 Å². The summed E-state index contributed by atoms with van der Waals surface area (Å²) in [5.74, 6) is 1.89. The van der Waals surface area contributed by atoms with Crippen molar-refractivity contribution in [1.82, 2.24) is 39.2 Å². The van der Waals surface area contributed by atoms with E-state index in [1.165, 1.54) is 0 Å². The van der Waals surface area contributed by atoms with Crippen LogP contribution in [-0.2, 0) is 38.2 Å². The van der Waals surface area contributed by atoms with E-state index in [1.54, 1.807) is 31.1 Å². The number of imidazole rings is 2. The van der Waals surface area contributed by atoms with Crippen molar-refractivity contribution < 1.29 is 19.6 Å². The lowest BCUT2D eigenvalue weighted by atomic mass is 10.0. The fourth-order valence-corrected chi connectivity index (χ4v) is 6.20. The molecule has 18 heteroatoms. The predicted molar refractivity (Wildman–Crippen MR) is 227 cm³/mol. The summed E-state index contributed by atoms with van der Waals surface area (Å²) in [5, 5.41) is 40.4. The Bertz CT molecular complexity index is 2700. The van der Waals surface area contributed by atoms with E-state index in [2.05, 4.69) is 72.2 Å². The molecule has 7 aromatic rings. The average molecular weight is 811 g/mol. The number of benzene rings is 2. The van der Waals surface area contributed by atoms with Crippen LogP contribution in [0.15, 0.2) is 83.3 Å². The van der Waals surface area contributed by atoms with Gasteiger partial charge in [0.2, 0.25) is 11.7 Å². The van der Waals surface area contributed by atoms with Crippen molar-refractivity contribution in [3.63, 3.8) is 0 Å². The minimum Gasteiger partial charge on any atom is -0.481 e. The maximum Gasteiger partial charge on any atom is 0.304 e. The Morgan fingerprint density at radius 2 is 1.38 bits per heavy atom. The van der Waals surface area contributed by atoms with Gasteiger partial charge in [-0.15, -0.1) is 0 Å². The third-order valence-electron chi connectivity index (χ3n) is 9.56. The molecule has 5 aromatic heterocycles. The van der Waals surface area contributed by atoms with Gasteiger partial charge in [-0.2, -0.15) is 15.5 Å². The van der Waals surface area contributed by atoms with Crippen molar-refractivity contribution in [2.45, 2.75) is 52.4 Å². The second-order valence-electron chi connectivity index (χ2n) is 13.5. The lowest BCUT2D eigenvalue weighted by molar-refractivity contribution is -0.136. The second kappa shape index (κ2) is 20.0. The Kier molecular flexibility index (Phi) is 14.4. The van der Waals surface area contributed by atoms with Gasteiger partial charge in [0.25, 0.3) is 0 Å². The summed E-state index contributed by atoms with van der Waals surface area (Å²) in [6.45, 7) is 4.18. The van der Waals surface area contributed by atoms with Crippen LogP contribution >= 0.6 is 0 Å². The van der Waals surface area contributed by atoms with Gasteiger partial charge in [-0.3, -0.25) is 4.79 Å². The largest absolute Gasteiger partial charge is 0.481 e. The summed E-state index contributed by atoms with van der Waals surface area (Å²) in [6, 6.07) is 19.7. The maximum atomic E-state index is 9.61. The molecule has 0 saturated heterocycles. The van der Waals surface area contributed by atoms with Crippen molar-refractivity contribution in [2.75, 3.05) is 23.9 Å². The summed E-state index contributed by atoms with van der Waals surface area (Å²) >= 11 is 0. The zero-order valence-electron chi connectivity index (χ0n) is 34.3. The van der Waals surface area contributed by atoms with Gasteiger partial charge >= 0.3 is 5.97 Å². The highest BCUT2D eigenvalue weighted by Crippen LogP contribution is 2.32. The first-order chi connectivity index (χ1) is 28.9. The number of nitrogens with zero attached hydrogens (tertiary/aromatic N) is 13. The molecule has 4 N–H and O–H groups in total. The molecule has 2 aromatic carbocycles. The molecule has 0 radical (unpaired) electrons. The fourth-order valence-electron chi connectivity index (χ4n) is 6.20. The number of anilines is 4. The van der Waals surface area contributed by atoms with Gasteiger partial charge in [-0.05, 0) is 60.4 Å². The van der Waals surface area contributed by atoms with Crippen LogP contribution in [-0.4, -0.2) is 75.4 Å². The molecular formula is C42H46N14O4. The first-order valence-corrected chi connectivity index (χ1v) is 19.0. The van der Waals surface area contributed by atoms with Gasteiger partial charge < -0.3 is 39.5 Å². The number of aryl methyl sites for hydroxylation is 5. The van der Waals surface area contributed by atoms with E-state index in [0.717, 1.165) is 74.6 Å². The minimum absolute atomic E-state index is 0.0451. The molecule has 0 aliphatic rings. The third-order valence-corrected chi connectivity index (χ3v) is 9.56. The van der Waals surface area contributed by atoms with Crippen molar-refractivity contribution >= 4 is 56.9 Å². The molecule has 0 spiro atoms. The Balaban J connectivity index is 0.000000199. The number of aromatic nitrogens is 8. The molecule has 0 saturated carbocycles. The number of aliphatic carboxylic acids is 1. The minimum atomic E-state index is -0.915. The van der Waals surface area contributed by atoms with Crippen molar-refractivity contribution in [2.24, 2.45) is 25.0 Å². The van der Waals surface area contributed by atoms with E-state index in [0.29, 0.717) is 30.1 Å². The summed E-state index contributed by atoms with van der Waals surface area (Å²) < 4.78 is 9.20. The summed E-state index contributed by atoms with van der Waals surface area (Å²) in [7, 11) is 7.92. The molecule has 18 nitrogen and oxygen atoms in total. The summed E-state index contributed by atoms with van der Waals surface area (Å²) in [5.41, 5.74) is 15.4. The highest BCUT2D eigenvalue weighted by atomic mass is 16.5. The van der Waals surface area contributed by atoms with Crippen LogP contribution in [0.3, 0.4) is 0 Å². The fraction of sp³-hybridized carbons (Fsp3) is 0.286. The number of rotatable bonds is 12. The molecule has 0 aliphatic carbocycles. The zero-order chi connectivity index (χ0) is 43.3. The standard InChI is InChI=1S/C21H21N7O.C17H20N6O.C4H5NO2/c1-4-14-10-15(21-25-20(29-26-21)6-5-9-22)7-8-17(14)28(3)19-11-18-16(12-23-19)24-13-27(18)2;1-4-11-7-12(17(18)21-24)5-6-14(11)23(3)16-8-15-13(9-19-16)20-10-22(15)2;5-3-1-2-4(6)7/h7-8,10-13H,4-6H2,1-3H3;5-10,24H,4H2,1-3H3,(H2,18,21);1-2H2,(H,6,7). The third kappa shape index (κ3) is 10.2. The van der Waals surface area contributed by atoms with Gasteiger partial charge in [0, 0.05) is 82.1 Å². The molecule has 0 atom stereocenters. The number of carbonyl (C=O) groups is 1. The smallest absolute Gasteiger partial charge is 0.304 e. The van der Waals surface area contributed by atoms with Crippen LogP contribution in [0.4, 0.5) is 23.0 Å². The Hall–Kier alpha value is -7.86. The van der Waals surface area contributed by atoms with Gasteiger partial charge in [-0.1, -0.05) is 24.2 Å². The van der Waals surface area contributed by atoms with E-state index < -0.39 is 5.97 Å². The van der Waals surface area contributed by atoms with Crippen molar-refractivity contribution in [3.05, 3.63) is 96.2 Å². The molecule has 0 unspecified atom stereocenters. The highest BCUT2D eigenvalue weighted by Gasteiger charge is 2.16. The van der Waals surface area contributed by atoms with Gasteiger partial charge in [0.15, 0.2) is 5.84 Å². The first kappa shape index (κ1) is 43.3. The molecule has 0 amide bonds. The molecule has 0 aliphatic heterocycles. The van der Waals surface area contributed by atoms with Crippen LogP contribution in [0.2, 0.25) is 0 Å². The number of nitrogens with two attached hydrogens (primary N) is 1. The number of carboxylic acid groups (broad SMARTS) is 1. The quantitative estimate of drug-likeness (QED) is 0.0511. The van der Waals surface area contributed by atoms with E-state index in [4.69, 9.17) is 31.1 Å². The first-order valence-electron chi connectivity index (χ1n) is 19.0. The number of carboxylic acids is 1. The van der Waals surface area contributed by atoms with Crippen LogP contribution in [0.25, 0.3) is 33.5 Å². The number of hydrogen-bond donors (Lipinski definition) is 3. The van der Waals surface area contributed by atoms with Crippen molar-refractivity contribution in [1.29, 1.82) is 10.5 Å². The molecule has 7 rings (SSSR count). The normalized spacial score (nSPS) is 10.9. The highest BCUT2D eigenvalue weighted by molar-refractivity contribution is 5.97. The Labute approximate surface area is 346 Å². The monoisotopic (exact) mass is 810 g/mol. The molecule has 5 heterocycles. The second-order valence-corrected chi connectivity index (χ2v) is 13.5. The van der Waals surface area contributed by atoms with E-state index >= 15 is 0 Å². The van der Waals surface area contributed by atoms with Gasteiger partial charge in [0.1, 0.15) is 22.7 Å². The Morgan fingerprint density at radius 1 is 0.833 bits per heavy atom. The number of hydrogen-bond acceptors (Lipinski definition) is 14. The topological polar surface area (TPSA) is 250 Å². The number of oxime groups is 1. The molecule has 0 fully saturated rings. The number of fused-ring (bicyclic) bond motifs is 2. The zero-order valence-corrected chi connectivity index (χ0v) is 34.3. The number of nitriles is 2. The van der Waals surface area contributed by atoms with Crippen molar-refractivity contribution in [3.8, 4) is 23.5 Å². The van der Waals surface area contributed by atoms with Gasteiger partial charge in [0.05, 0.1) is 54.6 Å². The molecule has 60 heavy (non-hydrogen) atoms. The van der Waals surface area contributed by atoms with E-state index in [9.17, 15) is 4.79 Å². The van der Waals surface area contributed by atoms with E-state index in [-0.39, 0.29) is 18.7 Å². The number of pyridine rings is 2. The lowest BCUT2D eigenvalue weighted by Crippen LogP contribution is -2.16. The predicted octanol–water partition coefficient (Wildman–Crippen LogP) is 6.57. The van der Waals surface area contributed by atoms with Crippen LogP contribution in [0.1, 0.15) is 55.7 Å². The van der Waals surface area contributed by atoms with Crippen LogP contribution < -0.4 is 15.5 Å². The molecule has 308 valence electrons. The average Bonchev–Trinajstić information content (AvgIpc) is 4.02. The lowest BCUT2D eigenvalue weighted by Gasteiger charge is -2.22. The SMILES string of the molecule is CCc1cc(-c2noc(CCC#N)n2)ccc1N(C)c1cc2c(cn1)ncn2C.CCc1cc(/C(N)=N\O)ccc1N(C)c1cc2c(cn1)ncn2C.N#CCCC(=O)O. The van der Waals surface area contributed by atoms with E-state index in [1.807, 2.05) is 78.6 Å². The number of amidine groups is 1. The van der Waals surface area contributed by atoms with Gasteiger partial charge in [-0.25, -0.2) is 19.9 Å². The molecular weight excluding hydrogens is 765 g/mol. The summed E-state index contributed by atoms with van der Waals surface area (Å²) in [4.78, 5) is 35.8. The summed E-state index contributed by atoms with van der Waals surface area (Å²) in [6.07, 6.45) is 9.69.